The van der Waals surface area contributed by atoms with E-state index < -0.39 is 33.3 Å². The van der Waals surface area contributed by atoms with Crippen LogP contribution in [0.4, 0.5) is 4.39 Å². The first-order valence-electron chi connectivity index (χ1n) is 5.72. The Hall–Kier alpha value is -1.02. The van der Waals surface area contributed by atoms with E-state index >= 15 is 0 Å². The topological polar surface area (TPSA) is 72.8 Å². The molecule has 1 aliphatic heterocycles. The second-order valence-corrected chi connectivity index (χ2v) is 6.68. The number of hydrogen-bond acceptors (Lipinski definition) is 5. The molecule has 0 saturated carbocycles. The summed E-state index contributed by atoms with van der Waals surface area (Å²) >= 11 is 0. The van der Waals surface area contributed by atoms with Crippen molar-refractivity contribution in [2.45, 2.75) is 11.9 Å². The number of benzene rings is 1. The molecular weight excluding hydrogens is 275 g/mol. The highest BCUT2D eigenvalue weighted by Gasteiger charge is 2.47. The van der Waals surface area contributed by atoms with Crippen molar-refractivity contribution >= 4 is 9.84 Å². The van der Waals surface area contributed by atoms with E-state index in [0.29, 0.717) is 0 Å². The molecule has 1 N–H and O–H groups in total. The first kappa shape index (κ1) is 14.4. The number of ether oxygens (including phenoxy) is 2. The molecule has 0 unspecified atom stereocenters. The average Bonchev–Trinajstić information content (AvgIpc) is 2.71. The molecule has 7 heteroatoms. The van der Waals surface area contributed by atoms with Crippen LogP contribution < -0.4 is 0 Å². The lowest BCUT2D eigenvalue weighted by atomic mass is 10.1. The third kappa shape index (κ3) is 3.11. The van der Waals surface area contributed by atoms with Gasteiger partial charge in [-0.1, -0.05) is 18.2 Å². The molecule has 2 atom stereocenters. The molecule has 19 heavy (non-hydrogen) atoms. The summed E-state index contributed by atoms with van der Waals surface area (Å²) in [7, 11) is -3.46. The third-order valence-electron chi connectivity index (χ3n) is 2.80. The van der Waals surface area contributed by atoms with Gasteiger partial charge in [-0.2, -0.15) is 0 Å². The zero-order chi connectivity index (χ0) is 14.1. The molecule has 0 spiro atoms. The van der Waals surface area contributed by atoms with E-state index in [4.69, 9.17) is 14.6 Å². The first-order valence-corrected chi connectivity index (χ1v) is 7.78. The Kier molecular flexibility index (Phi) is 3.91. The SMILES string of the molecule is CS(=O)(=O)C[C@]1(c2ccccc2F)OC[C@@H](CO)O1. The molecule has 1 aliphatic rings. The Balaban J connectivity index is 2.44. The summed E-state index contributed by atoms with van der Waals surface area (Å²) in [5.74, 6) is -2.80. The summed E-state index contributed by atoms with van der Waals surface area (Å²) in [6.45, 7) is -0.305. The first-order chi connectivity index (χ1) is 8.86. The van der Waals surface area contributed by atoms with Crippen LogP contribution in [-0.4, -0.2) is 44.9 Å². The second-order valence-electron chi connectivity index (χ2n) is 4.54. The lowest BCUT2D eigenvalue weighted by molar-refractivity contribution is -0.164. The van der Waals surface area contributed by atoms with Crippen LogP contribution in [-0.2, 0) is 25.1 Å². The van der Waals surface area contributed by atoms with Crippen LogP contribution in [0.1, 0.15) is 5.56 Å². The van der Waals surface area contributed by atoms with Gasteiger partial charge in [-0.25, -0.2) is 12.8 Å². The van der Waals surface area contributed by atoms with Crippen molar-refractivity contribution < 1.29 is 27.4 Å². The van der Waals surface area contributed by atoms with Crippen molar-refractivity contribution in [2.24, 2.45) is 0 Å². The van der Waals surface area contributed by atoms with E-state index in [-0.39, 0.29) is 18.8 Å². The molecule has 1 fully saturated rings. The third-order valence-corrected chi connectivity index (χ3v) is 3.70. The molecule has 0 aliphatic carbocycles. The summed E-state index contributed by atoms with van der Waals surface area (Å²) in [5.41, 5.74) is 0.0244. The Morgan fingerprint density at radius 1 is 1.47 bits per heavy atom. The van der Waals surface area contributed by atoms with Gasteiger partial charge in [0.2, 0.25) is 5.79 Å². The molecule has 1 aromatic rings. The Morgan fingerprint density at radius 2 is 2.16 bits per heavy atom. The molecule has 0 amide bonds. The van der Waals surface area contributed by atoms with E-state index in [9.17, 15) is 12.8 Å². The van der Waals surface area contributed by atoms with Gasteiger partial charge in [0.15, 0.2) is 9.84 Å². The number of sulfone groups is 1. The van der Waals surface area contributed by atoms with E-state index in [1.807, 2.05) is 0 Å². The lowest BCUT2D eigenvalue weighted by Gasteiger charge is -2.27. The Labute approximate surface area is 110 Å². The number of rotatable bonds is 4. The molecule has 1 saturated heterocycles. The summed E-state index contributed by atoms with van der Waals surface area (Å²) in [4.78, 5) is 0. The molecule has 1 heterocycles. The van der Waals surface area contributed by atoms with E-state index in [0.717, 1.165) is 6.26 Å². The molecule has 0 bridgehead atoms. The highest BCUT2D eigenvalue weighted by atomic mass is 32.2. The minimum Gasteiger partial charge on any atom is -0.394 e. The number of aliphatic hydroxyl groups is 1. The van der Waals surface area contributed by atoms with Crippen LogP contribution in [0.15, 0.2) is 24.3 Å². The molecule has 0 radical (unpaired) electrons. The molecule has 2 rings (SSSR count). The molecule has 0 aromatic heterocycles. The van der Waals surface area contributed by atoms with Crippen LogP contribution in [0.3, 0.4) is 0 Å². The fraction of sp³-hybridized carbons (Fsp3) is 0.500. The molecule has 106 valence electrons. The maximum atomic E-state index is 13.9. The maximum absolute atomic E-state index is 13.9. The van der Waals surface area contributed by atoms with Gasteiger partial charge in [0, 0.05) is 11.8 Å². The fourth-order valence-corrected chi connectivity index (χ4v) is 3.06. The van der Waals surface area contributed by atoms with Crippen molar-refractivity contribution in [3.63, 3.8) is 0 Å². The summed E-state index contributed by atoms with van der Waals surface area (Å²) < 4.78 is 47.8. The largest absolute Gasteiger partial charge is 0.394 e. The summed E-state index contributed by atoms with van der Waals surface area (Å²) in [6, 6.07) is 5.69. The quantitative estimate of drug-likeness (QED) is 0.870. The van der Waals surface area contributed by atoms with Crippen molar-refractivity contribution in [3.8, 4) is 0 Å². The highest BCUT2D eigenvalue weighted by Crippen LogP contribution is 2.36. The van der Waals surface area contributed by atoms with Crippen LogP contribution in [0.2, 0.25) is 0 Å². The minimum atomic E-state index is -3.46. The monoisotopic (exact) mass is 290 g/mol. The molecular formula is C12H15FO5S. The fourth-order valence-electron chi connectivity index (χ4n) is 2.06. The highest BCUT2D eigenvalue weighted by molar-refractivity contribution is 7.90. The lowest BCUT2D eigenvalue weighted by Crippen LogP contribution is -2.37. The number of hydrogen-bond donors (Lipinski definition) is 1. The van der Waals surface area contributed by atoms with E-state index in [1.54, 1.807) is 6.07 Å². The standard InChI is InChI=1S/C12H15FO5S/c1-19(15,16)8-12(17-7-9(6-14)18-12)10-4-2-3-5-11(10)13/h2-5,9,14H,6-8H2,1H3/t9-,12+/m1/s1. The van der Waals surface area contributed by atoms with Gasteiger partial charge in [0.05, 0.1) is 13.2 Å². The van der Waals surface area contributed by atoms with Crippen LogP contribution in [0, 0.1) is 5.82 Å². The second kappa shape index (κ2) is 5.16. The predicted octanol–water partition coefficient (Wildman–Crippen LogP) is 0.431. The van der Waals surface area contributed by atoms with Crippen molar-refractivity contribution in [1.82, 2.24) is 0 Å². The predicted molar refractivity (Wildman–Crippen MR) is 65.7 cm³/mol. The van der Waals surface area contributed by atoms with Crippen molar-refractivity contribution in [3.05, 3.63) is 35.6 Å². The van der Waals surface area contributed by atoms with Gasteiger partial charge in [-0.15, -0.1) is 0 Å². The Morgan fingerprint density at radius 3 is 2.68 bits per heavy atom. The van der Waals surface area contributed by atoms with Crippen molar-refractivity contribution in [1.29, 1.82) is 0 Å². The van der Waals surface area contributed by atoms with E-state index in [1.165, 1.54) is 18.2 Å². The van der Waals surface area contributed by atoms with Gasteiger partial charge in [-0.05, 0) is 6.07 Å². The summed E-state index contributed by atoms with van der Waals surface area (Å²) in [5, 5.41) is 9.06. The van der Waals surface area contributed by atoms with Gasteiger partial charge >= 0.3 is 0 Å². The smallest absolute Gasteiger partial charge is 0.212 e. The van der Waals surface area contributed by atoms with Gasteiger partial charge in [0.1, 0.15) is 17.7 Å². The van der Waals surface area contributed by atoms with Crippen LogP contribution >= 0.6 is 0 Å². The average molecular weight is 290 g/mol. The minimum absolute atomic E-state index is 0.0142. The maximum Gasteiger partial charge on any atom is 0.212 e. The van der Waals surface area contributed by atoms with E-state index in [2.05, 4.69) is 0 Å². The Bertz CT molecular complexity index is 559. The number of halogens is 1. The summed E-state index contributed by atoms with van der Waals surface area (Å²) in [6.07, 6.45) is 0.357. The van der Waals surface area contributed by atoms with Gasteiger partial charge in [0.25, 0.3) is 0 Å². The van der Waals surface area contributed by atoms with Crippen LogP contribution in [0.25, 0.3) is 0 Å². The van der Waals surface area contributed by atoms with Crippen molar-refractivity contribution in [2.75, 3.05) is 25.2 Å². The molecule has 1 aromatic carbocycles. The van der Waals surface area contributed by atoms with Gasteiger partial charge in [-0.3, -0.25) is 0 Å². The zero-order valence-electron chi connectivity index (χ0n) is 10.4. The number of aliphatic hydroxyl groups excluding tert-OH is 1. The van der Waals surface area contributed by atoms with Gasteiger partial charge < -0.3 is 14.6 Å². The molecule has 5 nitrogen and oxygen atoms in total. The van der Waals surface area contributed by atoms with Crippen LogP contribution in [0.5, 0.6) is 0 Å². The normalized spacial score (nSPS) is 27.6. The zero-order valence-corrected chi connectivity index (χ0v) is 11.2.